The van der Waals surface area contributed by atoms with Gasteiger partial charge in [-0.2, -0.15) is 0 Å². The second-order valence-corrected chi connectivity index (χ2v) is 5.46. The van der Waals surface area contributed by atoms with Crippen molar-refractivity contribution in [1.29, 1.82) is 0 Å². The molecule has 0 aliphatic carbocycles. The summed E-state index contributed by atoms with van der Waals surface area (Å²) in [6.07, 6.45) is 0. The molecule has 3 aromatic rings. The van der Waals surface area contributed by atoms with Crippen molar-refractivity contribution in [1.82, 2.24) is 4.57 Å². The Kier molecular flexibility index (Phi) is 3.72. The Labute approximate surface area is 130 Å². The molecule has 0 spiro atoms. The van der Waals surface area contributed by atoms with E-state index in [0.29, 0.717) is 5.56 Å². The fraction of sp³-hybridized carbons (Fsp3) is 0.211. The van der Waals surface area contributed by atoms with Gasteiger partial charge in [0.1, 0.15) is 0 Å². The number of para-hydroxylation sites is 1. The van der Waals surface area contributed by atoms with Crippen molar-refractivity contribution < 1.29 is 9.53 Å². The van der Waals surface area contributed by atoms with Crippen molar-refractivity contribution in [3.8, 4) is 0 Å². The summed E-state index contributed by atoms with van der Waals surface area (Å²) >= 11 is 0. The van der Waals surface area contributed by atoms with E-state index >= 15 is 0 Å². The number of esters is 1. The molecule has 3 rings (SSSR count). The number of fused-ring (bicyclic) bond motifs is 1. The molecule has 0 saturated heterocycles. The molecule has 112 valence electrons. The molecule has 0 aliphatic heterocycles. The van der Waals surface area contributed by atoms with E-state index in [2.05, 4.69) is 23.6 Å². The van der Waals surface area contributed by atoms with Crippen LogP contribution < -0.4 is 0 Å². The van der Waals surface area contributed by atoms with E-state index < -0.39 is 0 Å². The first-order chi connectivity index (χ1) is 10.6. The summed E-state index contributed by atoms with van der Waals surface area (Å²) in [6.45, 7) is 2.12. The number of ether oxygens (including phenoxy) is 1. The first kappa shape index (κ1) is 14.4. The highest BCUT2D eigenvalue weighted by Gasteiger charge is 2.25. The van der Waals surface area contributed by atoms with Crippen molar-refractivity contribution in [3.05, 3.63) is 71.4 Å². The third-order valence-electron chi connectivity index (χ3n) is 4.25. The largest absolute Gasteiger partial charge is 0.465 e. The third-order valence-corrected chi connectivity index (χ3v) is 4.25. The zero-order valence-electron chi connectivity index (χ0n) is 13.0. The third kappa shape index (κ3) is 2.19. The number of nitrogens with zero attached hydrogens (tertiary/aromatic N) is 1. The van der Waals surface area contributed by atoms with Gasteiger partial charge in [-0.1, -0.05) is 55.5 Å². The lowest BCUT2D eigenvalue weighted by Crippen LogP contribution is -2.10. The van der Waals surface area contributed by atoms with Gasteiger partial charge in [-0.15, -0.1) is 0 Å². The van der Waals surface area contributed by atoms with Gasteiger partial charge in [0.25, 0.3) is 0 Å². The smallest absolute Gasteiger partial charge is 0.340 e. The molecule has 1 heterocycles. The predicted octanol–water partition coefficient (Wildman–Crippen LogP) is 4.12. The number of methoxy groups -OCH3 is 1. The van der Waals surface area contributed by atoms with Gasteiger partial charge in [0, 0.05) is 29.6 Å². The Balaban J connectivity index is 2.28. The number of hydrogen-bond acceptors (Lipinski definition) is 2. The molecule has 0 radical (unpaired) electrons. The molecular formula is C19H19NO2. The van der Waals surface area contributed by atoms with E-state index in [1.165, 1.54) is 12.7 Å². The predicted molar refractivity (Wildman–Crippen MR) is 88.2 cm³/mol. The normalized spacial score (nSPS) is 12.3. The Bertz CT molecular complexity index is 818. The zero-order valence-corrected chi connectivity index (χ0v) is 13.0. The van der Waals surface area contributed by atoms with Crippen LogP contribution in [0, 0.1) is 0 Å². The molecule has 22 heavy (non-hydrogen) atoms. The van der Waals surface area contributed by atoms with Gasteiger partial charge in [-0.3, -0.25) is 0 Å². The van der Waals surface area contributed by atoms with Crippen LogP contribution in [0.25, 0.3) is 10.9 Å². The minimum absolute atomic E-state index is 0.104. The molecule has 0 N–H and O–H groups in total. The van der Waals surface area contributed by atoms with Gasteiger partial charge in [-0.05, 0) is 11.6 Å². The standard InChI is InChI=1S/C19H19NO2/c1-13(14-9-5-4-6-10-14)18-17(19(21)22-3)15-11-7-8-12-16(15)20(18)2/h4-13H,1-3H3. The summed E-state index contributed by atoms with van der Waals surface area (Å²) in [5.41, 5.74) is 3.87. The van der Waals surface area contributed by atoms with E-state index in [-0.39, 0.29) is 11.9 Å². The second kappa shape index (κ2) is 5.68. The number of aromatic nitrogens is 1. The molecule has 1 atom stereocenters. The van der Waals surface area contributed by atoms with E-state index in [1.807, 2.05) is 49.5 Å². The SMILES string of the molecule is COC(=O)c1c(C(C)c2ccccc2)n(C)c2ccccc12. The van der Waals surface area contributed by atoms with Crippen LogP contribution in [0.3, 0.4) is 0 Å². The Morgan fingerprint density at radius 1 is 1.05 bits per heavy atom. The van der Waals surface area contributed by atoms with Gasteiger partial charge in [0.2, 0.25) is 0 Å². The molecule has 1 aromatic heterocycles. The zero-order chi connectivity index (χ0) is 15.7. The van der Waals surface area contributed by atoms with Crippen LogP contribution in [0.4, 0.5) is 0 Å². The highest BCUT2D eigenvalue weighted by Crippen LogP contribution is 2.34. The number of carbonyl (C=O) groups excluding carboxylic acids is 1. The maximum atomic E-state index is 12.4. The second-order valence-electron chi connectivity index (χ2n) is 5.46. The Morgan fingerprint density at radius 2 is 1.68 bits per heavy atom. The van der Waals surface area contributed by atoms with Gasteiger partial charge < -0.3 is 9.30 Å². The highest BCUT2D eigenvalue weighted by atomic mass is 16.5. The van der Waals surface area contributed by atoms with Crippen molar-refractivity contribution in [2.75, 3.05) is 7.11 Å². The first-order valence-electron chi connectivity index (χ1n) is 7.35. The van der Waals surface area contributed by atoms with Crippen molar-refractivity contribution >= 4 is 16.9 Å². The molecular weight excluding hydrogens is 274 g/mol. The van der Waals surface area contributed by atoms with E-state index in [0.717, 1.165) is 16.6 Å². The topological polar surface area (TPSA) is 31.2 Å². The molecule has 0 fully saturated rings. The van der Waals surface area contributed by atoms with Crippen LogP contribution >= 0.6 is 0 Å². The maximum Gasteiger partial charge on any atom is 0.340 e. The van der Waals surface area contributed by atoms with Crippen molar-refractivity contribution in [2.45, 2.75) is 12.8 Å². The molecule has 0 bridgehead atoms. The first-order valence-corrected chi connectivity index (χ1v) is 7.35. The Morgan fingerprint density at radius 3 is 2.36 bits per heavy atom. The highest BCUT2D eigenvalue weighted by molar-refractivity contribution is 6.06. The fourth-order valence-electron chi connectivity index (χ4n) is 3.14. The van der Waals surface area contributed by atoms with Crippen LogP contribution in [0.1, 0.15) is 34.5 Å². The number of hydrogen-bond donors (Lipinski definition) is 0. The van der Waals surface area contributed by atoms with Crippen LogP contribution in [0.15, 0.2) is 54.6 Å². The van der Waals surface area contributed by atoms with Crippen molar-refractivity contribution in [2.24, 2.45) is 7.05 Å². The minimum Gasteiger partial charge on any atom is -0.465 e. The number of aryl methyl sites for hydroxylation is 1. The van der Waals surface area contributed by atoms with Crippen LogP contribution in [0.2, 0.25) is 0 Å². The molecule has 3 nitrogen and oxygen atoms in total. The molecule has 0 aliphatic rings. The van der Waals surface area contributed by atoms with E-state index in [4.69, 9.17) is 4.74 Å². The average Bonchev–Trinajstić information content (AvgIpc) is 2.87. The summed E-state index contributed by atoms with van der Waals surface area (Å²) < 4.78 is 7.13. The lowest BCUT2D eigenvalue weighted by molar-refractivity contribution is 0.0601. The molecule has 1 unspecified atom stereocenters. The summed E-state index contributed by atoms with van der Waals surface area (Å²) in [6, 6.07) is 18.2. The van der Waals surface area contributed by atoms with Crippen LogP contribution in [0.5, 0.6) is 0 Å². The summed E-state index contributed by atoms with van der Waals surface area (Å²) in [5, 5.41) is 0.939. The molecule has 3 heteroatoms. The number of benzene rings is 2. The number of carbonyl (C=O) groups is 1. The van der Waals surface area contributed by atoms with Crippen molar-refractivity contribution in [3.63, 3.8) is 0 Å². The van der Waals surface area contributed by atoms with E-state index in [9.17, 15) is 4.79 Å². The summed E-state index contributed by atoms with van der Waals surface area (Å²) in [4.78, 5) is 12.4. The molecule has 0 saturated carbocycles. The molecule has 2 aromatic carbocycles. The van der Waals surface area contributed by atoms with Gasteiger partial charge >= 0.3 is 5.97 Å². The Hall–Kier alpha value is -2.55. The van der Waals surface area contributed by atoms with Gasteiger partial charge in [-0.25, -0.2) is 4.79 Å². The number of rotatable bonds is 3. The average molecular weight is 293 g/mol. The minimum atomic E-state index is -0.283. The summed E-state index contributed by atoms with van der Waals surface area (Å²) in [5.74, 6) is -0.178. The van der Waals surface area contributed by atoms with Crippen LogP contribution in [-0.4, -0.2) is 17.6 Å². The quantitative estimate of drug-likeness (QED) is 0.680. The molecule has 0 amide bonds. The monoisotopic (exact) mass is 293 g/mol. The summed E-state index contributed by atoms with van der Waals surface area (Å²) in [7, 11) is 3.44. The lowest BCUT2D eigenvalue weighted by atomic mass is 9.94. The van der Waals surface area contributed by atoms with Gasteiger partial charge in [0.05, 0.1) is 12.7 Å². The van der Waals surface area contributed by atoms with E-state index in [1.54, 1.807) is 0 Å². The van der Waals surface area contributed by atoms with Crippen LogP contribution in [-0.2, 0) is 11.8 Å². The lowest BCUT2D eigenvalue weighted by Gasteiger charge is -2.15. The maximum absolute atomic E-state index is 12.4. The van der Waals surface area contributed by atoms with Gasteiger partial charge in [0.15, 0.2) is 0 Å². The fourth-order valence-corrected chi connectivity index (χ4v) is 3.14.